The highest BCUT2D eigenvalue weighted by Crippen LogP contribution is 2.43. The van der Waals surface area contributed by atoms with E-state index in [4.69, 9.17) is 0 Å². The zero-order valence-electron chi connectivity index (χ0n) is 18.4. The Balaban J connectivity index is 1.65. The summed E-state index contributed by atoms with van der Waals surface area (Å²) in [4.78, 5) is 34.3. The molecule has 0 radical (unpaired) electrons. The molecule has 5 rings (SSSR count). The van der Waals surface area contributed by atoms with Gasteiger partial charge in [0.1, 0.15) is 6.04 Å². The number of aromatic amines is 1. The Kier molecular flexibility index (Phi) is 4.84. The van der Waals surface area contributed by atoms with E-state index in [1.54, 1.807) is 4.90 Å². The van der Waals surface area contributed by atoms with Gasteiger partial charge in [0.2, 0.25) is 11.8 Å². The predicted octanol–water partition coefficient (Wildman–Crippen LogP) is 4.21. The minimum atomic E-state index is -0.454. The van der Waals surface area contributed by atoms with E-state index in [1.165, 1.54) is 0 Å². The minimum absolute atomic E-state index is 0.0333. The van der Waals surface area contributed by atoms with Crippen LogP contribution >= 0.6 is 0 Å². The number of nitrogens with one attached hydrogen (secondary N) is 1. The number of hydrogen-bond donors (Lipinski definition) is 1. The van der Waals surface area contributed by atoms with Gasteiger partial charge in [-0.25, -0.2) is 0 Å². The summed E-state index contributed by atoms with van der Waals surface area (Å²) in [6.45, 7) is 7.18. The third-order valence-corrected chi connectivity index (χ3v) is 6.80. The van der Waals surface area contributed by atoms with Crippen LogP contribution in [0.2, 0.25) is 0 Å². The summed E-state index contributed by atoms with van der Waals surface area (Å²) in [6, 6.07) is 15.7. The fraction of sp³-hybridized carbons (Fsp3) is 0.385. The molecule has 1 N–H and O–H groups in total. The maximum Gasteiger partial charge on any atom is 0.246 e. The predicted molar refractivity (Wildman–Crippen MR) is 122 cm³/mol. The molecular formula is C26H29N3O2. The zero-order valence-corrected chi connectivity index (χ0v) is 18.4. The van der Waals surface area contributed by atoms with Crippen molar-refractivity contribution < 1.29 is 9.59 Å². The van der Waals surface area contributed by atoms with E-state index in [0.29, 0.717) is 18.9 Å². The lowest BCUT2D eigenvalue weighted by Crippen LogP contribution is -2.63. The van der Waals surface area contributed by atoms with Crippen LogP contribution in [0, 0.1) is 12.8 Å². The van der Waals surface area contributed by atoms with Crippen molar-refractivity contribution in [3.8, 4) is 0 Å². The van der Waals surface area contributed by atoms with Gasteiger partial charge in [0.15, 0.2) is 0 Å². The number of rotatable bonds is 4. The van der Waals surface area contributed by atoms with Crippen molar-refractivity contribution in [1.29, 1.82) is 0 Å². The van der Waals surface area contributed by atoms with Gasteiger partial charge in [0.05, 0.1) is 12.6 Å². The van der Waals surface area contributed by atoms with Gasteiger partial charge in [-0.05, 0) is 42.0 Å². The molecule has 5 heteroatoms. The van der Waals surface area contributed by atoms with Crippen LogP contribution in [-0.2, 0) is 16.0 Å². The molecule has 2 aliphatic heterocycles. The molecule has 160 valence electrons. The van der Waals surface area contributed by atoms with Crippen LogP contribution in [-0.4, -0.2) is 45.7 Å². The van der Waals surface area contributed by atoms with Gasteiger partial charge >= 0.3 is 0 Å². The monoisotopic (exact) mass is 415 g/mol. The number of H-pyrrole nitrogens is 1. The molecule has 2 aromatic carbocycles. The number of fused-ring (bicyclic) bond motifs is 4. The molecule has 1 fully saturated rings. The molecule has 2 aliphatic rings. The largest absolute Gasteiger partial charge is 0.356 e. The normalized spacial score (nSPS) is 21.0. The first-order chi connectivity index (χ1) is 15.0. The molecule has 3 aromatic rings. The molecule has 0 bridgehead atoms. The van der Waals surface area contributed by atoms with Crippen LogP contribution in [0.1, 0.15) is 48.7 Å². The Bertz CT molecular complexity index is 1160. The summed E-state index contributed by atoms with van der Waals surface area (Å²) in [7, 11) is 0. The summed E-state index contributed by atoms with van der Waals surface area (Å²) >= 11 is 0. The van der Waals surface area contributed by atoms with Crippen LogP contribution in [0.5, 0.6) is 0 Å². The Hall–Kier alpha value is -3.08. The average molecular weight is 416 g/mol. The van der Waals surface area contributed by atoms with E-state index in [2.05, 4.69) is 50.0 Å². The maximum atomic E-state index is 13.6. The number of amides is 2. The van der Waals surface area contributed by atoms with E-state index in [9.17, 15) is 9.59 Å². The summed E-state index contributed by atoms with van der Waals surface area (Å²) < 4.78 is 0. The first kappa shape index (κ1) is 19.9. The molecule has 0 saturated carbocycles. The minimum Gasteiger partial charge on any atom is -0.356 e. The van der Waals surface area contributed by atoms with Crippen molar-refractivity contribution in [3.63, 3.8) is 0 Å². The van der Waals surface area contributed by atoms with Gasteiger partial charge in [-0.1, -0.05) is 56.3 Å². The number of hydrogen-bond acceptors (Lipinski definition) is 2. The van der Waals surface area contributed by atoms with Crippen LogP contribution in [0.25, 0.3) is 10.9 Å². The third-order valence-electron chi connectivity index (χ3n) is 6.80. The second-order valence-corrected chi connectivity index (χ2v) is 9.29. The van der Waals surface area contributed by atoms with Crippen molar-refractivity contribution in [2.75, 3.05) is 13.1 Å². The molecule has 3 heterocycles. The number of carbonyl (C=O) groups is 2. The van der Waals surface area contributed by atoms with Gasteiger partial charge in [-0.2, -0.15) is 0 Å². The van der Waals surface area contributed by atoms with E-state index in [1.807, 2.05) is 29.2 Å². The molecular weight excluding hydrogens is 386 g/mol. The quantitative estimate of drug-likeness (QED) is 0.694. The van der Waals surface area contributed by atoms with Crippen LogP contribution < -0.4 is 0 Å². The molecule has 0 spiro atoms. The van der Waals surface area contributed by atoms with Gasteiger partial charge in [0, 0.05) is 29.6 Å². The Morgan fingerprint density at radius 1 is 1.06 bits per heavy atom. The van der Waals surface area contributed by atoms with Crippen molar-refractivity contribution in [2.24, 2.45) is 5.92 Å². The van der Waals surface area contributed by atoms with Crippen LogP contribution in [0.4, 0.5) is 0 Å². The highest BCUT2D eigenvalue weighted by Gasteiger charge is 2.48. The third kappa shape index (κ3) is 3.23. The van der Waals surface area contributed by atoms with Crippen LogP contribution in [0.3, 0.4) is 0 Å². The molecule has 0 unspecified atom stereocenters. The first-order valence-electron chi connectivity index (χ1n) is 11.2. The van der Waals surface area contributed by atoms with Gasteiger partial charge in [0.25, 0.3) is 0 Å². The van der Waals surface area contributed by atoms with Crippen molar-refractivity contribution in [1.82, 2.24) is 14.8 Å². The average Bonchev–Trinajstić information content (AvgIpc) is 3.13. The van der Waals surface area contributed by atoms with E-state index in [0.717, 1.165) is 39.7 Å². The van der Waals surface area contributed by atoms with Crippen LogP contribution in [0.15, 0.2) is 48.5 Å². The molecule has 31 heavy (non-hydrogen) atoms. The highest BCUT2D eigenvalue weighted by molar-refractivity contribution is 5.97. The van der Waals surface area contributed by atoms with E-state index >= 15 is 0 Å². The lowest BCUT2D eigenvalue weighted by atomic mass is 9.85. The Labute approximate surface area is 183 Å². The molecule has 0 aliphatic carbocycles. The molecule has 1 saturated heterocycles. The van der Waals surface area contributed by atoms with Crippen molar-refractivity contribution >= 4 is 22.7 Å². The first-order valence-corrected chi connectivity index (χ1v) is 11.2. The molecule has 2 atom stereocenters. The second-order valence-electron chi connectivity index (χ2n) is 9.29. The summed E-state index contributed by atoms with van der Waals surface area (Å²) in [5, 5.41) is 1.15. The van der Waals surface area contributed by atoms with E-state index in [-0.39, 0.29) is 24.4 Å². The zero-order chi connectivity index (χ0) is 21.7. The fourth-order valence-electron chi connectivity index (χ4n) is 5.14. The highest BCUT2D eigenvalue weighted by atomic mass is 16.2. The van der Waals surface area contributed by atoms with Gasteiger partial charge < -0.3 is 14.8 Å². The number of nitrogens with zero attached hydrogens (tertiary/aromatic N) is 2. The maximum absolute atomic E-state index is 13.6. The summed E-state index contributed by atoms with van der Waals surface area (Å²) in [5.41, 5.74) is 5.47. The Morgan fingerprint density at radius 3 is 2.58 bits per heavy atom. The van der Waals surface area contributed by atoms with E-state index < -0.39 is 6.04 Å². The molecule has 2 amide bonds. The number of aromatic nitrogens is 1. The number of carbonyl (C=O) groups excluding carboxylic acids is 2. The Morgan fingerprint density at radius 2 is 1.81 bits per heavy atom. The lowest BCUT2D eigenvalue weighted by Gasteiger charge is -2.47. The molecule has 1 aromatic heterocycles. The smallest absolute Gasteiger partial charge is 0.246 e. The van der Waals surface area contributed by atoms with Crippen molar-refractivity contribution in [2.45, 2.75) is 45.7 Å². The fourth-order valence-corrected chi connectivity index (χ4v) is 5.14. The number of benzene rings is 2. The second kappa shape index (κ2) is 7.56. The standard InChI is InChI=1S/C26H29N3O2/c1-16(2)12-13-28-15-23(30)29-22(26(28)31)14-20-19-10-6-7-11-21(19)27-24(20)25(29)18-9-5-4-8-17(18)3/h4-11,16,22,25,27H,12-15H2,1-3H3/t22-,25-/m0/s1. The lowest BCUT2D eigenvalue weighted by molar-refractivity contribution is -0.158. The van der Waals surface area contributed by atoms with Gasteiger partial charge in [-0.3, -0.25) is 9.59 Å². The van der Waals surface area contributed by atoms with Gasteiger partial charge in [-0.15, -0.1) is 0 Å². The summed E-state index contributed by atoms with van der Waals surface area (Å²) in [5.74, 6) is 0.605. The number of piperazine rings is 1. The van der Waals surface area contributed by atoms with Crippen molar-refractivity contribution in [3.05, 3.63) is 70.9 Å². The number of aryl methyl sites for hydroxylation is 1. The SMILES string of the molecule is Cc1ccccc1[C@H]1c2[nH]c3ccccc3c2C[C@H]2C(=O)N(CCC(C)C)CC(=O)N12. The molecule has 5 nitrogen and oxygen atoms in total. The summed E-state index contributed by atoms with van der Waals surface area (Å²) in [6.07, 6.45) is 1.47. The number of para-hydroxylation sites is 1. The topological polar surface area (TPSA) is 56.4 Å².